The first kappa shape index (κ1) is 20.3. The van der Waals surface area contributed by atoms with Crippen molar-refractivity contribution in [2.75, 3.05) is 32.2 Å². The molecule has 8 nitrogen and oxygen atoms in total. The van der Waals surface area contributed by atoms with Crippen LogP contribution in [0.25, 0.3) is 0 Å². The van der Waals surface area contributed by atoms with Gasteiger partial charge >= 0.3 is 6.03 Å². The van der Waals surface area contributed by atoms with Crippen LogP contribution < -0.4 is 15.0 Å². The lowest BCUT2D eigenvalue weighted by atomic mass is 9.92. The number of nitrogens with zero attached hydrogens (tertiary/aromatic N) is 3. The number of carbonyl (C=O) groups is 2. The highest BCUT2D eigenvalue weighted by molar-refractivity contribution is 6.07. The number of hydrogen-bond donors (Lipinski definition) is 2. The van der Waals surface area contributed by atoms with Crippen molar-refractivity contribution in [1.29, 1.82) is 0 Å². The topological polar surface area (TPSA) is 94.5 Å². The third-order valence-corrected chi connectivity index (χ3v) is 4.93. The molecule has 1 saturated heterocycles. The number of aliphatic hydroxyl groups is 1. The summed E-state index contributed by atoms with van der Waals surface area (Å²) in [5.74, 6) is 0.209. The molecule has 1 fully saturated rings. The molecule has 0 radical (unpaired) electrons. The summed E-state index contributed by atoms with van der Waals surface area (Å²) in [6, 6.07) is 13.8. The lowest BCUT2D eigenvalue weighted by molar-refractivity contribution is -0.131. The maximum Gasteiger partial charge on any atom is 0.346 e. The van der Waals surface area contributed by atoms with Gasteiger partial charge in [-0.3, -0.25) is 4.79 Å². The van der Waals surface area contributed by atoms with Crippen LogP contribution in [0.4, 0.5) is 10.5 Å². The first-order chi connectivity index (χ1) is 13.9. The van der Waals surface area contributed by atoms with E-state index in [1.165, 1.54) is 6.21 Å². The van der Waals surface area contributed by atoms with Gasteiger partial charge in [0.15, 0.2) is 0 Å². The summed E-state index contributed by atoms with van der Waals surface area (Å²) in [5.41, 5.74) is 1.13. The molecule has 1 heterocycles. The van der Waals surface area contributed by atoms with Gasteiger partial charge in [0, 0.05) is 19.3 Å². The highest BCUT2D eigenvalue weighted by Crippen LogP contribution is 2.30. The highest BCUT2D eigenvalue weighted by atomic mass is 16.5. The highest BCUT2D eigenvalue weighted by Gasteiger charge is 2.49. The van der Waals surface area contributed by atoms with E-state index in [2.05, 4.69) is 10.4 Å². The zero-order valence-corrected chi connectivity index (χ0v) is 16.6. The molecule has 2 aromatic rings. The average Bonchev–Trinajstić information content (AvgIpc) is 2.96. The van der Waals surface area contributed by atoms with Crippen LogP contribution in [-0.2, 0) is 10.3 Å². The first-order valence-corrected chi connectivity index (χ1v) is 9.16. The number of aliphatic hydroxyl groups excluding tert-OH is 1. The Kier molecular flexibility index (Phi) is 5.84. The summed E-state index contributed by atoms with van der Waals surface area (Å²) in [6.45, 7) is 2.25. The van der Waals surface area contributed by atoms with Crippen LogP contribution in [0.3, 0.4) is 0 Å². The number of anilines is 1. The Balaban J connectivity index is 1.75. The third-order valence-electron chi connectivity index (χ3n) is 4.93. The van der Waals surface area contributed by atoms with Gasteiger partial charge in [0.1, 0.15) is 11.3 Å². The number of urea groups is 1. The van der Waals surface area contributed by atoms with E-state index in [-0.39, 0.29) is 6.61 Å². The fourth-order valence-electron chi connectivity index (χ4n) is 3.07. The maximum atomic E-state index is 12.9. The Labute approximate surface area is 169 Å². The van der Waals surface area contributed by atoms with Gasteiger partial charge in [0.05, 0.1) is 19.9 Å². The number of ether oxygens (including phenoxy) is 1. The van der Waals surface area contributed by atoms with E-state index < -0.39 is 17.5 Å². The van der Waals surface area contributed by atoms with Gasteiger partial charge in [-0.1, -0.05) is 24.3 Å². The first-order valence-electron chi connectivity index (χ1n) is 9.16. The molecular weight excluding hydrogens is 372 g/mol. The van der Waals surface area contributed by atoms with Gasteiger partial charge in [0.25, 0.3) is 5.91 Å². The van der Waals surface area contributed by atoms with Crippen LogP contribution >= 0.6 is 0 Å². The number of rotatable bonds is 7. The summed E-state index contributed by atoms with van der Waals surface area (Å²) >= 11 is 0. The number of likely N-dealkylation sites (N-methyl/N-ethyl adjacent to an activating group) is 1. The Morgan fingerprint density at radius 1 is 1.17 bits per heavy atom. The number of carbonyl (C=O) groups excluding carboxylic acids is 2. The van der Waals surface area contributed by atoms with E-state index in [0.29, 0.717) is 17.9 Å². The van der Waals surface area contributed by atoms with Gasteiger partial charge in [-0.25, -0.2) is 4.79 Å². The molecule has 8 heteroatoms. The molecule has 0 aromatic heterocycles. The van der Waals surface area contributed by atoms with E-state index in [1.54, 1.807) is 38.3 Å². The molecule has 1 aliphatic rings. The van der Waals surface area contributed by atoms with E-state index in [4.69, 9.17) is 9.84 Å². The monoisotopic (exact) mass is 396 g/mol. The minimum Gasteiger partial charge on any atom is -0.497 e. The molecule has 1 atom stereocenters. The van der Waals surface area contributed by atoms with Crippen molar-refractivity contribution in [2.45, 2.75) is 12.5 Å². The van der Waals surface area contributed by atoms with Crippen LogP contribution in [0.1, 0.15) is 18.1 Å². The quantitative estimate of drug-likeness (QED) is 0.551. The predicted octanol–water partition coefficient (Wildman–Crippen LogP) is 1.92. The van der Waals surface area contributed by atoms with Gasteiger partial charge in [-0.2, -0.15) is 5.10 Å². The minimum absolute atomic E-state index is 0.0683. The number of hydrazone groups is 1. The zero-order chi connectivity index (χ0) is 21.0. The van der Waals surface area contributed by atoms with Crippen molar-refractivity contribution < 1.29 is 19.4 Å². The molecule has 1 aliphatic heterocycles. The van der Waals surface area contributed by atoms with E-state index in [1.807, 2.05) is 36.2 Å². The molecule has 29 heavy (non-hydrogen) atoms. The molecule has 2 N–H and O–H groups in total. The normalized spacial score (nSPS) is 19.0. The second kappa shape index (κ2) is 8.32. The number of benzene rings is 2. The number of nitrogens with one attached hydrogen (secondary N) is 1. The summed E-state index contributed by atoms with van der Waals surface area (Å²) < 4.78 is 5.14. The fourth-order valence-corrected chi connectivity index (χ4v) is 3.07. The van der Waals surface area contributed by atoms with E-state index in [9.17, 15) is 9.59 Å². The molecule has 3 amide bonds. The lowest BCUT2D eigenvalue weighted by Gasteiger charge is -2.21. The summed E-state index contributed by atoms with van der Waals surface area (Å²) in [7, 11) is 3.44. The van der Waals surface area contributed by atoms with Crippen molar-refractivity contribution in [3.05, 3.63) is 59.7 Å². The van der Waals surface area contributed by atoms with Crippen molar-refractivity contribution in [1.82, 2.24) is 10.3 Å². The minimum atomic E-state index is -1.20. The van der Waals surface area contributed by atoms with Crippen molar-refractivity contribution in [2.24, 2.45) is 5.10 Å². The molecule has 0 bridgehead atoms. The number of imide groups is 1. The standard InChI is InChI=1S/C21H24N4O4/c1-21(16-6-10-18(29-3)11-7-16)19(27)25(20(28)23-21)22-14-15-4-8-17(9-5-15)24(2)12-13-26/h4-11,14,26H,12-13H2,1-3H3,(H,23,28)/b22-14-/t21-/m0/s1. The van der Waals surface area contributed by atoms with Crippen LogP contribution in [0, 0.1) is 0 Å². The van der Waals surface area contributed by atoms with Crippen LogP contribution in [-0.4, -0.2) is 55.6 Å². The molecule has 152 valence electrons. The van der Waals surface area contributed by atoms with E-state index in [0.717, 1.165) is 16.3 Å². The van der Waals surface area contributed by atoms with Crippen molar-refractivity contribution in [3.63, 3.8) is 0 Å². The second-order valence-electron chi connectivity index (χ2n) is 6.88. The van der Waals surface area contributed by atoms with Crippen LogP contribution in [0.5, 0.6) is 5.75 Å². The Hall–Kier alpha value is -3.39. The molecule has 0 saturated carbocycles. The van der Waals surface area contributed by atoms with Crippen LogP contribution in [0.2, 0.25) is 0 Å². The predicted molar refractivity (Wildman–Crippen MR) is 110 cm³/mol. The Bertz CT molecular complexity index is 911. The van der Waals surface area contributed by atoms with Crippen LogP contribution in [0.15, 0.2) is 53.6 Å². The molecule has 0 unspecified atom stereocenters. The third kappa shape index (κ3) is 4.07. The summed E-state index contributed by atoms with van der Waals surface area (Å²) in [6.07, 6.45) is 1.47. The van der Waals surface area contributed by atoms with Crippen molar-refractivity contribution in [3.8, 4) is 5.75 Å². The van der Waals surface area contributed by atoms with Gasteiger partial charge in [-0.05, 0) is 42.3 Å². The maximum absolute atomic E-state index is 12.9. The van der Waals surface area contributed by atoms with E-state index >= 15 is 0 Å². The zero-order valence-electron chi connectivity index (χ0n) is 16.6. The molecule has 0 spiro atoms. The summed E-state index contributed by atoms with van der Waals surface area (Å²) in [4.78, 5) is 27.2. The van der Waals surface area contributed by atoms with Gasteiger partial charge < -0.3 is 20.1 Å². The largest absolute Gasteiger partial charge is 0.497 e. The molecular formula is C21H24N4O4. The number of hydrogen-bond acceptors (Lipinski definition) is 6. The van der Waals surface area contributed by atoms with Crippen molar-refractivity contribution >= 4 is 23.8 Å². The second-order valence-corrected chi connectivity index (χ2v) is 6.88. The number of methoxy groups -OCH3 is 1. The SMILES string of the molecule is COc1ccc([C@]2(C)NC(=O)N(/N=C\c3ccc(N(C)CCO)cc3)C2=O)cc1. The lowest BCUT2D eigenvalue weighted by Crippen LogP contribution is -2.40. The number of amides is 3. The fraction of sp³-hybridized carbons (Fsp3) is 0.286. The van der Waals surface area contributed by atoms with Gasteiger partial charge in [-0.15, -0.1) is 5.01 Å². The molecule has 3 rings (SSSR count). The average molecular weight is 396 g/mol. The molecule has 2 aromatic carbocycles. The van der Waals surface area contributed by atoms with Gasteiger partial charge in [0.2, 0.25) is 0 Å². The molecule has 0 aliphatic carbocycles. The Morgan fingerprint density at radius 3 is 2.41 bits per heavy atom. The Morgan fingerprint density at radius 2 is 1.83 bits per heavy atom. The smallest absolute Gasteiger partial charge is 0.346 e. The summed E-state index contributed by atoms with van der Waals surface area (Å²) in [5, 5.41) is 16.7.